The Morgan fingerprint density at radius 2 is 1.37 bits per heavy atom. The fraction of sp³-hybridized carbons (Fsp3) is 0.382. The third-order valence-corrected chi connectivity index (χ3v) is 7.89. The Morgan fingerprint density at radius 3 is 1.90 bits per heavy atom. The van der Waals surface area contributed by atoms with E-state index >= 15 is 0 Å². The Morgan fingerprint density at radius 1 is 0.780 bits per heavy atom. The molecule has 0 saturated carbocycles. The molecule has 7 nitrogen and oxygen atoms in total. The third-order valence-electron chi connectivity index (χ3n) is 7.89. The van der Waals surface area contributed by atoms with Crippen molar-refractivity contribution in [2.24, 2.45) is 0 Å². The number of ether oxygens (including phenoxy) is 2. The molecular weight excluding hydrogens is 516 g/mol. The lowest BCUT2D eigenvalue weighted by Crippen LogP contribution is -2.62. The Labute approximate surface area is 243 Å². The lowest BCUT2D eigenvalue weighted by Gasteiger charge is -2.34. The molecule has 0 fully saturated rings. The van der Waals surface area contributed by atoms with Gasteiger partial charge in [0.05, 0.1) is 0 Å². The van der Waals surface area contributed by atoms with E-state index in [4.69, 9.17) is 9.47 Å². The standard InChI is InChI=1S/C34H42N2O5/c1-9-32(4,5)26-18-21-29(28(22-26)33(6,7)10-2)35-31(39)34(40-8,36-23(3)37)41-27-19-16-25(17-20-27)30(38)24-14-12-11-13-15-24/h11-22H,9-10H2,1-8H3,(H,35,39)(H,36,37). The van der Waals surface area contributed by atoms with E-state index < -0.39 is 17.7 Å². The average molecular weight is 559 g/mol. The summed E-state index contributed by atoms with van der Waals surface area (Å²) >= 11 is 0. The number of methoxy groups -OCH3 is 1. The maximum atomic E-state index is 13.8. The molecule has 41 heavy (non-hydrogen) atoms. The molecule has 1 atom stereocenters. The minimum Gasteiger partial charge on any atom is -0.437 e. The number of rotatable bonds is 12. The van der Waals surface area contributed by atoms with Gasteiger partial charge in [-0.2, -0.15) is 0 Å². The summed E-state index contributed by atoms with van der Waals surface area (Å²) in [5.41, 5.74) is 3.50. The van der Waals surface area contributed by atoms with Crippen LogP contribution in [0, 0.1) is 0 Å². The summed E-state index contributed by atoms with van der Waals surface area (Å²) in [5, 5.41) is 5.49. The molecule has 0 aromatic heterocycles. The first-order chi connectivity index (χ1) is 19.3. The molecule has 0 aliphatic carbocycles. The molecule has 0 spiro atoms. The number of carbonyl (C=O) groups excluding carboxylic acids is 3. The SMILES string of the molecule is CCC(C)(C)c1ccc(NC(=O)C(NC(C)=O)(OC)Oc2ccc(C(=O)c3ccccc3)cc2)c(C(C)(C)CC)c1. The van der Waals surface area contributed by atoms with Crippen molar-refractivity contribution in [1.29, 1.82) is 0 Å². The van der Waals surface area contributed by atoms with E-state index in [0.29, 0.717) is 16.8 Å². The molecular formula is C34H42N2O5. The van der Waals surface area contributed by atoms with Crippen molar-refractivity contribution in [3.05, 3.63) is 95.1 Å². The summed E-state index contributed by atoms with van der Waals surface area (Å²) in [6, 6.07) is 21.3. The van der Waals surface area contributed by atoms with Gasteiger partial charge in [-0.25, -0.2) is 0 Å². The Balaban J connectivity index is 1.96. The average Bonchev–Trinajstić information content (AvgIpc) is 2.96. The molecule has 0 saturated heterocycles. The van der Waals surface area contributed by atoms with Crippen molar-refractivity contribution in [2.75, 3.05) is 12.4 Å². The monoisotopic (exact) mass is 558 g/mol. The largest absolute Gasteiger partial charge is 0.437 e. The van der Waals surface area contributed by atoms with Gasteiger partial charge in [0.1, 0.15) is 5.75 Å². The molecule has 3 aromatic carbocycles. The summed E-state index contributed by atoms with van der Waals surface area (Å²) in [5.74, 6) is -3.29. The van der Waals surface area contributed by atoms with E-state index in [0.717, 1.165) is 18.4 Å². The summed E-state index contributed by atoms with van der Waals surface area (Å²) in [6.45, 7) is 14.2. The molecule has 0 aliphatic heterocycles. The fourth-order valence-corrected chi connectivity index (χ4v) is 4.38. The van der Waals surface area contributed by atoms with Gasteiger partial charge in [0, 0.05) is 30.8 Å². The van der Waals surface area contributed by atoms with E-state index in [1.54, 1.807) is 48.5 Å². The van der Waals surface area contributed by atoms with Gasteiger partial charge in [0.2, 0.25) is 5.91 Å². The van der Waals surface area contributed by atoms with E-state index in [-0.39, 0.29) is 22.4 Å². The zero-order valence-electron chi connectivity index (χ0n) is 25.4. The Kier molecular flexibility index (Phi) is 9.77. The molecule has 1 unspecified atom stereocenters. The predicted molar refractivity (Wildman–Crippen MR) is 162 cm³/mol. The fourth-order valence-electron chi connectivity index (χ4n) is 4.38. The van der Waals surface area contributed by atoms with Crippen molar-refractivity contribution < 1.29 is 23.9 Å². The number of ketones is 1. The topological polar surface area (TPSA) is 93.7 Å². The first-order valence-electron chi connectivity index (χ1n) is 14.0. The van der Waals surface area contributed by atoms with Gasteiger partial charge in [-0.3, -0.25) is 19.7 Å². The molecule has 0 radical (unpaired) electrons. The van der Waals surface area contributed by atoms with Crippen LogP contribution in [0.2, 0.25) is 0 Å². The number of hydrogen-bond donors (Lipinski definition) is 2. The van der Waals surface area contributed by atoms with Gasteiger partial charge in [0.25, 0.3) is 0 Å². The van der Waals surface area contributed by atoms with Crippen molar-refractivity contribution in [3.8, 4) is 5.75 Å². The van der Waals surface area contributed by atoms with Gasteiger partial charge in [-0.15, -0.1) is 0 Å². The summed E-state index contributed by atoms with van der Waals surface area (Å²) in [7, 11) is 1.28. The molecule has 3 rings (SSSR count). The van der Waals surface area contributed by atoms with Crippen LogP contribution in [0.3, 0.4) is 0 Å². The normalized spacial score (nSPS) is 13.2. The Bertz CT molecular complexity index is 1380. The van der Waals surface area contributed by atoms with Gasteiger partial charge >= 0.3 is 11.8 Å². The zero-order valence-corrected chi connectivity index (χ0v) is 25.4. The highest BCUT2D eigenvalue weighted by Gasteiger charge is 2.44. The van der Waals surface area contributed by atoms with E-state index in [2.05, 4.69) is 58.2 Å². The van der Waals surface area contributed by atoms with Crippen molar-refractivity contribution in [1.82, 2.24) is 5.32 Å². The third kappa shape index (κ3) is 7.22. The van der Waals surface area contributed by atoms with E-state index in [1.165, 1.54) is 19.6 Å². The lowest BCUT2D eigenvalue weighted by atomic mass is 9.76. The Hall–Kier alpha value is -3.97. The molecule has 218 valence electrons. The van der Waals surface area contributed by atoms with Crippen molar-refractivity contribution >= 4 is 23.3 Å². The van der Waals surface area contributed by atoms with Crippen LogP contribution < -0.4 is 15.4 Å². The minimum absolute atomic E-state index is 0.0370. The van der Waals surface area contributed by atoms with E-state index in [9.17, 15) is 14.4 Å². The number of anilines is 1. The van der Waals surface area contributed by atoms with Crippen molar-refractivity contribution in [2.45, 2.75) is 78.0 Å². The van der Waals surface area contributed by atoms with Gasteiger partial charge in [-0.1, -0.05) is 84.0 Å². The van der Waals surface area contributed by atoms with Crippen LogP contribution in [0.5, 0.6) is 5.75 Å². The predicted octanol–water partition coefficient (Wildman–Crippen LogP) is 6.75. The first-order valence-corrected chi connectivity index (χ1v) is 14.0. The second-order valence-electron chi connectivity index (χ2n) is 11.5. The van der Waals surface area contributed by atoms with Crippen molar-refractivity contribution in [3.63, 3.8) is 0 Å². The number of nitrogens with one attached hydrogen (secondary N) is 2. The highest BCUT2D eigenvalue weighted by atomic mass is 16.7. The lowest BCUT2D eigenvalue weighted by molar-refractivity contribution is -0.194. The van der Waals surface area contributed by atoms with Crippen LogP contribution in [0.4, 0.5) is 5.69 Å². The first kappa shape index (κ1) is 31.6. The second-order valence-corrected chi connectivity index (χ2v) is 11.5. The highest BCUT2D eigenvalue weighted by Crippen LogP contribution is 2.37. The van der Waals surface area contributed by atoms with Crippen LogP contribution in [0.1, 0.15) is 88.4 Å². The number of carbonyl (C=O) groups is 3. The number of benzene rings is 3. The molecule has 7 heteroatoms. The smallest absolute Gasteiger partial charge is 0.378 e. The molecule has 2 N–H and O–H groups in total. The molecule has 3 aromatic rings. The maximum absolute atomic E-state index is 13.8. The summed E-state index contributed by atoms with van der Waals surface area (Å²) in [6.07, 6.45) is 1.81. The molecule has 0 heterocycles. The van der Waals surface area contributed by atoms with E-state index in [1.807, 2.05) is 18.2 Å². The van der Waals surface area contributed by atoms with Gasteiger partial charge in [0.15, 0.2) is 5.78 Å². The zero-order chi connectivity index (χ0) is 30.4. The van der Waals surface area contributed by atoms with Gasteiger partial charge in [-0.05, 0) is 65.1 Å². The molecule has 0 aliphatic rings. The number of amides is 2. The summed E-state index contributed by atoms with van der Waals surface area (Å²) in [4.78, 5) is 38.9. The van der Waals surface area contributed by atoms with Crippen LogP contribution >= 0.6 is 0 Å². The van der Waals surface area contributed by atoms with Gasteiger partial charge < -0.3 is 14.8 Å². The maximum Gasteiger partial charge on any atom is 0.378 e. The van der Waals surface area contributed by atoms with Crippen LogP contribution in [-0.2, 0) is 25.2 Å². The second kappa shape index (κ2) is 12.7. The quantitative estimate of drug-likeness (QED) is 0.190. The molecule has 0 bridgehead atoms. The van der Waals surface area contributed by atoms with Crippen LogP contribution in [0.15, 0.2) is 72.8 Å². The highest BCUT2D eigenvalue weighted by molar-refractivity contribution is 6.09. The summed E-state index contributed by atoms with van der Waals surface area (Å²) < 4.78 is 11.6. The molecule has 2 amide bonds. The number of hydrogen-bond acceptors (Lipinski definition) is 5. The van der Waals surface area contributed by atoms with Crippen LogP contribution in [0.25, 0.3) is 0 Å². The van der Waals surface area contributed by atoms with Crippen LogP contribution in [-0.4, -0.2) is 30.6 Å². The minimum atomic E-state index is -2.16.